The average Bonchev–Trinajstić information content (AvgIpc) is 2.17. The van der Waals surface area contributed by atoms with Gasteiger partial charge in [0.2, 0.25) is 0 Å². The number of nitrogens with one attached hydrogen (secondary N) is 2. The molecule has 0 unspecified atom stereocenters. The van der Waals surface area contributed by atoms with Crippen LogP contribution in [-0.2, 0) is 0 Å². The zero-order chi connectivity index (χ0) is 11.0. The van der Waals surface area contributed by atoms with E-state index >= 15 is 0 Å². The Hall–Kier alpha value is -2.17. The number of rotatable bonds is 1. The Bertz CT molecular complexity index is 600. The number of nitrogens with two attached hydrogens (primary N) is 1. The Kier molecular flexibility index (Phi) is 2.00. The number of aromatic amines is 1. The molecule has 0 aliphatic rings. The zero-order valence-corrected chi connectivity index (χ0v) is 8.16. The van der Waals surface area contributed by atoms with E-state index in [0.717, 1.165) is 5.56 Å². The van der Waals surface area contributed by atoms with E-state index in [4.69, 9.17) is 11.1 Å². The van der Waals surface area contributed by atoms with Gasteiger partial charge in [0, 0.05) is 0 Å². The first-order chi connectivity index (χ1) is 7.09. The molecule has 0 aliphatic carbocycles. The predicted octanol–water partition coefficient (Wildman–Crippen LogP) is 0.516. The standard InChI is InChI=1S/C10H10N4O/c1-5-3-2-4-6-7(5)10(15)14-9(13-6)8(11)12/h2-4H,1H3,(H3,11,12)(H,13,14,15). The molecule has 1 heterocycles. The first kappa shape index (κ1) is 9.39. The highest BCUT2D eigenvalue weighted by Gasteiger charge is 2.06. The second-order valence-electron chi connectivity index (χ2n) is 3.30. The summed E-state index contributed by atoms with van der Waals surface area (Å²) in [5, 5.41) is 7.75. The van der Waals surface area contributed by atoms with Crippen LogP contribution in [0.3, 0.4) is 0 Å². The molecule has 0 bridgehead atoms. The van der Waals surface area contributed by atoms with Gasteiger partial charge in [0.05, 0.1) is 10.9 Å². The molecule has 2 aromatic rings. The number of hydrogen-bond acceptors (Lipinski definition) is 3. The molecule has 0 spiro atoms. The van der Waals surface area contributed by atoms with Crippen molar-refractivity contribution in [3.05, 3.63) is 39.9 Å². The summed E-state index contributed by atoms with van der Waals surface area (Å²) in [4.78, 5) is 18.2. The number of amidine groups is 1. The molecule has 0 saturated carbocycles. The molecule has 0 aliphatic heterocycles. The van der Waals surface area contributed by atoms with Crippen LogP contribution in [0.4, 0.5) is 0 Å². The maximum atomic E-state index is 11.7. The summed E-state index contributed by atoms with van der Waals surface area (Å²) in [6, 6.07) is 5.38. The smallest absolute Gasteiger partial charge is 0.259 e. The lowest BCUT2D eigenvalue weighted by Crippen LogP contribution is -2.21. The highest BCUT2D eigenvalue weighted by Crippen LogP contribution is 2.11. The summed E-state index contributed by atoms with van der Waals surface area (Å²) in [5.74, 6) is -0.131. The predicted molar refractivity (Wildman–Crippen MR) is 58.1 cm³/mol. The number of hydrogen-bond donors (Lipinski definition) is 3. The summed E-state index contributed by atoms with van der Waals surface area (Å²) in [5.41, 5.74) is 6.42. The maximum Gasteiger partial charge on any atom is 0.259 e. The Morgan fingerprint density at radius 2 is 2.27 bits per heavy atom. The van der Waals surface area contributed by atoms with E-state index in [9.17, 15) is 4.79 Å². The Morgan fingerprint density at radius 1 is 1.53 bits per heavy atom. The molecule has 5 heteroatoms. The normalized spacial score (nSPS) is 10.5. The molecule has 5 nitrogen and oxygen atoms in total. The van der Waals surface area contributed by atoms with Crippen LogP contribution in [0.1, 0.15) is 11.4 Å². The molecule has 76 valence electrons. The fourth-order valence-electron chi connectivity index (χ4n) is 1.49. The third-order valence-electron chi connectivity index (χ3n) is 2.20. The van der Waals surface area contributed by atoms with E-state index in [1.807, 2.05) is 19.1 Å². The van der Waals surface area contributed by atoms with Crippen LogP contribution in [-0.4, -0.2) is 15.8 Å². The lowest BCUT2D eigenvalue weighted by molar-refractivity contribution is 1.11. The SMILES string of the molecule is Cc1cccc2nc(C(=N)N)[nH]c(=O)c12. The number of fused-ring (bicyclic) bond motifs is 1. The molecule has 4 N–H and O–H groups in total. The first-order valence-corrected chi connectivity index (χ1v) is 4.43. The molecule has 15 heavy (non-hydrogen) atoms. The summed E-state index contributed by atoms with van der Waals surface area (Å²) >= 11 is 0. The van der Waals surface area contributed by atoms with E-state index in [0.29, 0.717) is 10.9 Å². The van der Waals surface area contributed by atoms with Gasteiger partial charge in [-0.1, -0.05) is 12.1 Å². The molecule has 1 aromatic carbocycles. The van der Waals surface area contributed by atoms with Gasteiger partial charge < -0.3 is 10.7 Å². The van der Waals surface area contributed by atoms with Gasteiger partial charge in [-0.15, -0.1) is 0 Å². The van der Waals surface area contributed by atoms with Crippen molar-refractivity contribution >= 4 is 16.7 Å². The van der Waals surface area contributed by atoms with Gasteiger partial charge in [0.1, 0.15) is 0 Å². The first-order valence-electron chi connectivity index (χ1n) is 4.43. The largest absolute Gasteiger partial charge is 0.381 e. The van der Waals surface area contributed by atoms with Crippen LogP contribution in [0.5, 0.6) is 0 Å². The molecule has 2 rings (SSSR count). The fraction of sp³-hybridized carbons (Fsp3) is 0.100. The number of aryl methyl sites for hydroxylation is 1. The van der Waals surface area contributed by atoms with Gasteiger partial charge in [-0.05, 0) is 18.6 Å². The van der Waals surface area contributed by atoms with Crippen LogP contribution in [0.2, 0.25) is 0 Å². The van der Waals surface area contributed by atoms with Crippen LogP contribution >= 0.6 is 0 Å². The minimum atomic E-state index is -0.261. The maximum absolute atomic E-state index is 11.7. The Labute approximate surface area is 85.5 Å². The van der Waals surface area contributed by atoms with Gasteiger partial charge in [-0.3, -0.25) is 10.2 Å². The number of nitrogen functional groups attached to an aromatic ring is 1. The van der Waals surface area contributed by atoms with Crippen molar-refractivity contribution in [3.8, 4) is 0 Å². The van der Waals surface area contributed by atoms with Gasteiger partial charge in [0.15, 0.2) is 11.7 Å². The van der Waals surface area contributed by atoms with Crippen molar-refractivity contribution in [2.24, 2.45) is 5.73 Å². The minimum Gasteiger partial charge on any atom is -0.381 e. The average molecular weight is 202 g/mol. The minimum absolute atomic E-state index is 0.109. The lowest BCUT2D eigenvalue weighted by atomic mass is 10.1. The second-order valence-corrected chi connectivity index (χ2v) is 3.30. The third kappa shape index (κ3) is 1.48. The zero-order valence-electron chi connectivity index (χ0n) is 8.16. The molecule has 0 fully saturated rings. The van der Waals surface area contributed by atoms with Crippen molar-refractivity contribution in [2.45, 2.75) is 6.92 Å². The van der Waals surface area contributed by atoms with Gasteiger partial charge in [-0.25, -0.2) is 4.98 Å². The van der Waals surface area contributed by atoms with Crippen molar-refractivity contribution in [2.75, 3.05) is 0 Å². The molecule has 0 radical (unpaired) electrons. The molecule has 1 aromatic heterocycles. The Balaban J connectivity index is 2.91. The summed E-state index contributed by atoms with van der Waals surface area (Å²) in [6.45, 7) is 1.84. The number of H-pyrrole nitrogens is 1. The molecule has 0 atom stereocenters. The van der Waals surface area contributed by atoms with E-state index in [1.165, 1.54) is 0 Å². The quantitative estimate of drug-likeness (QED) is 0.464. The Morgan fingerprint density at radius 3 is 2.93 bits per heavy atom. The lowest BCUT2D eigenvalue weighted by Gasteiger charge is -2.02. The van der Waals surface area contributed by atoms with E-state index in [1.54, 1.807) is 6.07 Å². The molecule has 0 amide bonds. The molecular weight excluding hydrogens is 192 g/mol. The number of aromatic nitrogens is 2. The fourth-order valence-corrected chi connectivity index (χ4v) is 1.49. The topological polar surface area (TPSA) is 95.6 Å². The number of nitrogens with zero attached hydrogens (tertiary/aromatic N) is 1. The third-order valence-corrected chi connectivity index (χ3v) is 2.20. The molecule has 0 saturated heterocycles. The second kappa shape index (κ2) is 3.20. The number of benzene rings is 1. The summed E-state index contributed by atoms with van der Waals surface area (Å²) in [7, 11) is 0. The van der Waals surface area contributed by atoms with Crippen molar-refractivity contribution in [3.63, 3.8) is 0 Å². The van der Waals surface area contributed by atoms with E-state index < -0.39 is 0 Å². The van der Waals surface area contributed by atoms with Crippen LogP contribution in [0.15, 0.2) is 23.0 Å². The van der Waals surface area contributed by atoms with Crippen molar-refractivity contribution in [1.29, 1.82) is 5.41 Å². The van der Waals surface area contributed by atoms with Crippen LogP contribution in [0.25, 0.3) is 10.9 Å². The summed E-state index contributed by atoms with van der Waals surface area (Å²) < 4.78 is 0. The summed E-state index contributed by atoms with van der Waals surface area (Å²) in [6.07, 6.45) is 0. The van der Waals surface area contributed by atoms with Crippen LogP contribution < -0.4 is 11.3 Å². The van der Waals surface area contributed by atoms with E-state index in [2.05, 4.69) is 9.97 Å². The molecular formula is C10H10N4O. The van der Waals surface area contributed by atoms with Gasteiger partial charge in [-0.2, -0.15) is 0 Å². The monoisotopic (exact) mass is 202 g/mol. The van der Waals surface area contributed by atoms with Gasteiger partial charge in [0.25, 0.3) is 5.56 Å². The van der Waals surface area contributed by atoms with Gasteiger partial charge >= 0.3 is 0 Å². The van der Waals surface area contributed by atoms with Crippen molar-refractivity contribution in [1.82, 2.24) is 9.97 Å². The van der Waals surface area contributed by atoms with E-state index in [-0.39, 0.29) is 17.2 Å². The van der Waals surface area contributed by atoms with Crippen molar-refractivity contribution < 1.29 is 0 Å². The highest BCUT2D eigenvalue weighted by molar-refractivity contribution is 5.93. The highest BCUT2D eigenvalue weighted by atomic mass is 16.1. The van der Waals surface area contributed by atoms with Crippen LogP contribution in [0, 0.1) is 12.3 Å².